The Kier molecular flexibility index (Phi) is 7.87. The van der Waals surface area contributed by atoms with Crippen LogP contribution in [-0.4, -0.2) is 55.3 Å². The Balaban J connectivity index is 1.22. The minimum absolute atomic E-state index is 0.0629. The van der Waals surface area contributed by atoms with Crippen LogP contribution in [0.4, 0.5) is 4.39 Å². The van der Waals surface area contributed by atoms with E-state index in [-0.39, 0.29) is 24.7 Å². The van der Waals surface area contributed by atoms with E-state index in [0.717, 1.165) is 37.4 Å². The number of carboxylic acid groups (broad SMARTS) is 1. The number of benzene rings is 2. The molecule has 0 amide bonds. The van der Waals surface area contributed by atoms with Crippen LogP contribution in [0.2, 0.25) is 5.02 Å². The SMILES string of the molecule is O=C(O)c1ccc2nc(CN3CCC(c4cccc(OCc5ccc(Cl)cc5F)n4)CC3)n(CCO)c2c1. The molecule has 0 aliphatic carbocycles. The molecule has 8 nitrogen and oxygen atoms in total. The van der Waals surface area contributed by atoms with Gasteiger partial charge in [-0.3, -0.25) is 4.90 Å². The highest BCUT2D eigenvalue weighted by molar-refractivity contribution is 6.30. The number of hydrogen-bond acceptors (Lipinski definition) is 6. The van der Waals surface area contributed by atoms with Crippen molar-refractivity contribution >= 4 is 28.6 Å². The fraction of sp³-hybridized carbons (Fsp3) is 0.321. The zero-order valence-electron chi connectivity index (χ0n) is 20.7. The molecule has 2 aromatic carbocycles. The van der Waals surface area contributed by atoms with Gasteiger partial charge in [-0.15, -0.1) is 0 Å². The summed E-state index contributed by atoms with van der Waals surface area (Å²) >= 11 is 5.82. The summed E-state index contributed by atoms with van der Waals surface area (Å²) in [7, 11) is 0. The normalized spacial score (nSPS) is 14.7. The van der Waals surface area contributed by atoms with Gasteiger partial charge < -0.3 is 19.5 Å². The zero-order valence-corrected chi connectivity index (χ0v) is 21.4. The number of ether oxygens (including phenoxy) is 1. The van der Waals surface area contributed by atoms with Crippen molar-refractivity contribution in [2.45, 2.75) is 38.5 Å². The van der Waals surface area contributed by atoms with Gasteiger partial charge >= 0.3 is 5.97 Å². The quantitative estimate of drug-likeness (QED) is 0.313. The number of aromatic nitrogens is 3. The van der Waals surface area contributed by atoms with Crippen LogP contribution < -0.4 is 4.74 Å². The zero-order chi connectivity index (χ0) is 26.6. The van der Waals surface area contributed by atoms with Crippen molar-refractivity contribution in [2.75, 3.05) is 19.7 Å². The van der Waals surface area contributed by atoms with Crippen LogP contribution in [0.15, 0.2) is 54.6 Å². The molecule has 10 heteroatoms. The Labute approximate surface area is 224 Å². The average Bonchev–Trinajstić information content (AvgIpc) is 3.25. The first kappa shape index (κ1) is 26.1. The molecule has 1 aliphatic heterocycles. The fourth-order valence-corrected chi connectivity index (χ4v) is 5.05. The molecule has 0 radical (unpaired) electrons. The number of pyridine rings is 1. The van der Waals surface area contributed by atoms with Crippen molar-refractivity contribution in [1.82, 2.24) is 19.4 Å². The molecule has 198 valence electrons. The van der Waals surface area contributed by atoms with Gasteiger partial charge in [0.1, 0.15) is 18.2 Å². The van der Waals surface area contributed by atoms with E-state index in [9.17, 15) is 19.4 Å². The van der Waals surface area contributed by atoms with Crippen LogP contribution in [-0.2, 0) is 19.7 Å². The standard InChI is InChI=1S/C28H28ClFN4O4/c29-21-6-4-20(22(30)15-21)17-38-27-3-1-2-23(32-27)18-8-10-33(11-9-18)16-26-31-24-7-5-19(28(36)37)14-25(24)34(26)12-13-35/h1-7,14-15,18,35H,8-13,16-17H2,(H,36,37). The lowest BCUT2D eigenvalue weighted by atomic mass is 9.93. The molecule has 0 unspecified atom stereocenters. The maximum Gasteiger partial charge on any atom is 0.335 e. The second kappa shape index (κ2) is 11.5. The molecule has 1 aliphatic rings. The highest BCUT2D eigenvalue weighted by Crippen LogP contribution is 2.29. The third kappa shape index (κ3) is 5.80. The van der Waals surface area contributed by atoms with E-state index in [1.165, 1.54) is 6.07 Å². The summed E-state index contributed by atoms with van der Waals surface area (Å²) in [6.45, 7) is 2.65. The molecule has 2 N–H and O–H groups in total. The van der Waals surface area contributed by atoms with Crippen molar-refractivity contribution in [1.29, 1.82) is 0 Å². The summed E-state index contributed by atoms with van der Waals surface area (Å²) in [6.07, 6.45) is 1.82. The number of carbonyl (C=O) groups is 1. The number of aliphatic hydroxyl groups excluding tert-OH is 1. The van der Waals surface area contributed by atoms with Crippen molar-refractivity contribution < 1.29 is 24.1 Å². The maximum absolute atomic E-state index is 14.1. The minimum Gasteiger partial charge on any atom is -0.478 e. The van der Waals surface area contributed by atoms with Crippen LogP contribution in [0.1, 0.15) is 46.2 Å². The Morgan fingerprint density at radius 1 is 1.11 bits per heavy atom. The largest absolute Gasteiger partial charge is 0.478 e. The topological polar surface area (TPSA) is 101 Å². The molecular formula is C28H28ClFN4O4. The van der Waals surface area contributed by atoms with Gasteiger partial charge in [0, 0.05) is 34.8 Å². The van der Waals surface area contributed by atoms with Crippen molar-refractivity contribution in [3.8, 4) is 5.88 Å². The molecule has 1 saturated heterocycles. The second-order valence-electron chi connectivity index (χ2n) is 9.39. The Morgan fingerprint density at radius 3 is 2.66 bits per heavy atom. The van der Waals surface area contributed by atoms with Gasteiger partial charge in [-0.25, -0.2) is 19.2 Å². The third-order valence-electron chi connectivity index (χ3n) is 6.90. The second-order valence-corrected chi connectivity index (χ2v) is 9.82. The number of nitrogens with zero attached hydrogens (tertiary/aromatic N) is 4. The lowest BCUT2D eigenvalue weighted by molar-refractivity contribution is 0.0697. The Bertz CT molecular complexity index is 1450. The number of imidazole rings is 1. The molecule has 4 aromatic rings. The smallest absolute Gasteiger partial charge is 0.335 e. The van der Waals surface area contributed by atoms with Crippen molar-refractivity contribution in [3.05, 3.63) is 88.1 Å². The number of fused-ring (bicyclic) bond motifs is 1. The summed E-state index contributed by atoms with van der Waals surface area (Å²) in [5, 5.41) is 19.3. The summed E-state index contributed by atoms with van der Waals surface area (Å²) in [6, 6.07) is 15.1. The molecule has 0 atom stereocenters. The number of likely N-dealkylation sites (tertiary alicyclic amines) is 1. The average molecular weight is 539 g/mol. The van der Waals surface area contributed by atoms with E-state index >= 15 is 0 Å². The monoisotopic (exact) mass is 538 g/mol. The number of rotatable bonds is 9. The molecular weight excluding hydrogens is 511 g/mol. The highest BCUT2D eigenvalue weighted by Gasteiger charge is 2.24. The third-order valence-corrected chi connectivity index (χ3v) is 7.14. The van der Waals surface area contributed by atoms with E-state index < -0.39 is 11.8 Å². The number of halogens is 2. The summed E-state index contributed by atoms with van der Waals surface area (Å²) < 4.78 is 21.7. The first-order valence-electron chi connectivity index (χ1n) is 12.5. The van der Waals surface area contributed by atoms with Crippen LogP contribution in [0, 0.1) is 5.82 Å². The first-order valence-corrected chi connectivity index (χ1v) is 12.9. The Morgan fingerprint density at radius 2 is 1.92 bits per heavy atom. The van der Waals surface area contributed by atoms with E-state index in [0.29, 0.717) is 40.6 Å². The summed E-state index contributed by atoms with van der Waals surface area (Å²) in [5.41, 5.74) is 2.99. The number of hydrogen-bond donors (Lipinski definition) is 2. The molecule has 38 heavy (non-hydrogen) atoms. The van der Waals surface area contributed by atoms with Gasteiger partial charge in [-0.05, 0) is 62.3 Å². The number of carboxylic acids is 1. The summed E-state index contributed by atoms with van der Waals surface area (Å²) in [4.78, 5) is 23.1. The number of aromatic carboxylic acids is 1. The van der Waals surface area contributed by atoms with Crippen molar-refractivity contribution in [3.63, 3.8) is 0 Å². The molecule has 0 bridgehead atoms. The fourth-order valence-electron chi connectivity index (χ4n) is 4.89. The molecule has 2 aromatic heterocycles. The first-order chi connectivity index (χ1) is 18.4. The highest BCUT2D eigenvalue weighted by atomic mass is 35.5. The molecule has 1 fully saturated rings. The minimum atomic E-state index is -0.993. The van der Waals surface area contributed by atoms with Crippen molar-refractivity contribution in [2.24, 2.45) is 0 Å². The van der Waals surface area contributed by atoms with Gasteiger partial charge in [-0.2, -0.15) is 0 Å². The number of piperidine rings is 1. The van der Waals surface area contributed by atoms with E-state index in [4.69, 9.17) is 21.3 Å². The van der Waals surface area contributed by atoms with Gasteiger partial charge in [0.2, 0.25) is 5.88 Å². The lowest BCUT2D eigenvalue weighted by Crippen LogP contribution is -2.33. The van der Waals surface area contributed by atoms with Gasteiger partial charge in [0.05, 0.1) is 29.7 Å². The predicted octanol–water partition coefficient (Wildman–Crippen LogP) is 4.87. The molecule has 3 heterocycles. The lowest BCUT2D eigenvalue weighted by Gasteiger charge is -2.31. The van der Waals surface area contributed by atoms with E-state index in [1.807, 2.05) is 16.7 Å². The van der Waals surface area contributed by atoms with Crippen LogP contribution >= 0.6 is 11.6 Å². The van der Waals surface area contributed by atoms with E-state index in [1.54, 1.807) is 36.4 Å². The molecule has 0 saturated carbocycles. The van der Waals surface area contributed by atoms with Gasteiger partial charge in [0.25, 0.3) is 0 Å². The van der Waals surface area contributed by atoms with E-state index in [2.05, 4.69) is 9.88 Å². The van der Waals surface area contributed by atoms with Crippen LogP contribution in [0.25, 0.3) is 11.0 Å². The van der Waals surface area contributed by atoms with Crippen LogP contribution in [0.5, 0.6) is 5.88 Å². The van der Waals surface area contributed by atoms with Crippen LogP contribution in [0.3, 0.4) is 0 Å². The van der Waals surface area contributed by atoms with Gasteiger partial charge in [0.15, 0.2) is 0 Å². The van der Waals surface area contributed by atoms with Gasteiger partial charge in [-0.1, -0.05) is 23.7 Å². The summed E-state index contributed by atoms with van der Waals surface area (Å²) in [5.74, 6) is 0.135. The number of aliphatic hydroxyl groups is 1. The molecule has 5 rings (SSSR count). The Hall–Kier alpha value is -3.53. The molecule has 0 spiro atoms. The predicted molar refractivity (Wildman–Crippen MR) is 141 cm³/mol. The maximum atomic E-state index is 14.1.